The van der Waals surface area contributed by atoms with E-state index in [-0.39, 0.29) is 43.8 Å². The van der Waals surface area contributed by atoms with Crippen LogP contribution in [0, 0.1) is 17.7 Å². The molecule has 2 amide bonds. The third-order valence-electron chi connectivity index (χ3n) is 4.73. The van der Waals surface area contributed by atoms with Gasteiger partial charge in [-0.3, -0.25) is 14.4 Å². The summed E-state index contributed by atoms with van der Waals surface area (Å²) in [7, 11) is 0. The average molecular weight is 449 g/mol. The van der Waals surface area contributed by atoms with Crippen LogP contribution in [0.15, 0.2) is 49.6 Å². The van der Waals surface area contributed by atoms with Gasteiger partial charge in [-0.25, -0.2) is 4.39 Å². The van der Waals surface area contributed by atoms with E-state index in [1.807, 2.05) is 0 Å². The number of hydrogen-bond donors (Lipinski definition) is 3. The molecule has 3 atom stereocenters. The van der Waals surface area contributed by atoms with E-state index in [0.717, 1.165) is 5.56 Å². The molecule has 32 heavy (non-hydrogen) atoms. The second kappa shape index (κ2) is 14.9. The summed E-state index contributed by atoms with van der Waals surface area (Å²) in [5.74, 6) is -2.54. The Bertz CT molecular complexity index is 766. The van der Waals surface area contributed by atoms with Gasteiger partial charge < -0.3 is 20.5 Å². The van der Waals surface area contributed by atoms with Gasteiger partial charge in [-0.2, -0.15) is 0 Å². The number of aliphatic hydroxyl groups excluding tert-OH is 1. The molecule has 8 heteroatoms. The van der Waals surface area contributed by atoms with E-state index in [4.69, 9.17) is 9.84 Å². The van der Waals surface area contributed by atoms with E-state index in [1.165, 1.54) is 12.1 Å². The van der Waals surface area contributed by atoms with E-state index in [1.54, 1.807) is 31.2 Å². The molecule has 0 radical (unpaired) electrons. The molecule has 0 aliphatic heterocycles. The zero-order valence-corrected chi connectivity index (χ0v) is 18.5. The van der Waals surface area contributed by atoms with Crippen molar-refractivity contribution in [3.05, 3.63) is 61.0 Å². The van der Waals surface area contributed by atoms with Crippen molar-refractivity contribution < 1.29 is 28.6 Å². The number of halogens is 1. The maximum atomic E-state index is 13.1. The molecule has 176 valence electrons. The summed E-state index contributed by atoms with van der Waals surface area (Å²) >= 11 is 0. The lowest BCUT2D eigenvalue weighted by Crippen LogP contribution is -2.42. The van der Waals surface area contributed by atoms with Crippen LogP contribution in [0.4, 0.5) is 4.39 Å². The van der Waals surface area contributed by atoms with Crippen LogP contribution in [0.1, 0.15) is 31.7 Å². The second-order valence-electron chi connectivity index (χ2n) is 7.59. The number of nitrogens with one attached hydrogen (secondary N) is 2. The van der Waals surface area contributed by atoms with Crippen molar-refractivity contribution in [2.45, 2.75) is 38.6 Å². The van der Waals surface area contributed by atoms with Crippen molar-refractivity contribution in [3.8, 4) is 0 Å². The number of hydrogen-bond acceptors (Lipinski definition) is 5. The maximum absolute atomic E-state index is 13.1. The highest BCUT2D eigenvalue weighted by atomic mass is 19.1. The summed E-state index contributed by atoms with van der Waals surface area (Å²) in [5.41, 5.74) is 0.809. The van der Waals surface area contributed by atoms with Crippen molar-refractivity contribution >= 4 is 17.8 Å². The Hall–Kier alpha value is -3.00. The highest BCUT2D eigenvalue weighted by molar-refractivity contribution is 5.86. The summed E-state index contributed by atoms with van der Waals surface area (Å²) in [6, 6.07) is 5.46. The molecule has 0 saturated carbocycles. The van der Waals surface area contributed by atoms with Crippen LogP contribution in [0.5, 0.6) is 0 Å². The predicted molar refractivity (Wildman–Crippen MR) is 120 cm³/mol. The summed E-state index contributed by atoms with van der Waals surface area (Å²) in [6.45, 7) is 8.90. The van der Waals surface area contributed by atoms with Gasteiger partial charge in [-0.05, 0) is 43.9 Å². The molecule has 0 fully saturated rings. The van der Waals surface area contributed by atoms with Gasteiger partial charge in [0.15, 0.2) is 0 Å². The third-order valence-corrected chi connectivity index (χ3v) is 4.73. The first kappa shape index (κ1) is 27.0. The topological polar surface area (TPSA) is 105 Å². The number of ether oxygens (including phenoxy) is 1. The Morgan fingerprint density at radius 3 is 2.34 bits per heavy atom. The van der Waals surface area contributed by atoms with E-state index in [9.17, 15) is 18.8 Å². The van der Waals surface area contributed by atoms with Crippen molar-refractivity contribution in [2.24, 2.45) is 11.8 Å². The van der Waals surface area contributed by atoms with Gasteiger partial charge in [0.2, 0.25) is 11.8 Å². The number of esters is 1. The second-order valence-corrected chi connectivity index (χ2v) is 7.59. The third kappa shape index (κ3) is 10.3. The van der Waals surface area contributed by atoms with Crippen LogP contribution in [-0.2, 0) is 25.5 Å². The Kier molecular flexibility index (Phi) is 12.6. The molecule has 1 rings (SSSR count). The largest absolute Gasteiger partial charge is 0.463 e. The molecule has 0 heterocycles. The Morgan fingerprint density at radius 1 is 1.12 bits per heavy atom. The normalized spacial score (nSPS) is 13.3. The number of aliphatic hydroxyl groups is 1. The van der Waals surface area contributed by atoms with Crippen molar-refractivity contribution in [1.29, 1.82) is 0 Å². The molecule has 0 bridgehead atoms. The Labute approximate surface area is 188 Å². The molecule has 0 unspecified atom stereocenters. The summed E-state index contributed by atoms with van der Waals surface area (Å²) in [6.07, 6.45) is 4.25. The first-order valence-corrected chi connectivity index (χ1v) is 10.6. The highest BCUT2D eigenvalue weighted by Crippen LogP contribution is 2.16. The molecule has 0 saturated heterocycles. The first-order valence-electron chi connectivity index (χ1n) is 10.6. The number of amides is 2. The monoisotopic (exact) mass is 448 g/mol. The maximum Gasteiger partial charge on any atom is 0.309 e. The number of benzene rings is 1. The average Bonchev–Trinajstić information content (AvgIpc) is 2.76. The van der Waals surface area contributed by atoms with Crippen LogP contribution >= 0.6 is 0 Å². The van der Waals surface area contributed by atoms with Gasteiger partial charge in [0, 0.05) is 13.0 Å². The van der Waals surface area contributed by atoms with Gasteiger partial charge in [-0.1, -0.05) is 24.3 Å². The van der Waals surface area contributed by atoms with Crippen LogP contribution in [0.2, 0.25) is 0 Å². The van der Waals surface area contributed by atoms with Crippen LogP contribution < -0.4 is 10.6 Å². The number of carbonyl (C=O) groups excluding carboxylic acids is 3. The Balaban J connectivity index is 2.58. The molecular formula is C24H33FN2O5. The minimum absolute atomic E-state index is 0.0286. The van der Waals surface area contributed by atoms with Crippen molar-refractivity contribution in [1.82, 2.24) is 10.6 Å². The minimum Gasteiger partial charge on any atom is -0.463 e. The van der Waals surface area contributed by atoms with Gasteiger partial charge >= 0.3 is 5.97 Å². The number of rotatable bonds is 15. The molecule has 0 aliphatic rings. The summed E-state index contributed by atoms with van der Waals surface area (Å²) < 4.78 is 18.5. The summed E-state index contributed by atoms with van der Waals surface area (Å²) in [4.78, 5) is 36.9. The fourth-order valence-electron chi connectivity index (χ4n) is 3.07. The molecule has 1 aromatic rings. The lowest BCUT2D eigenvalue weighted by molar-refractivity contribution is -0.149. The molecular weight excluding hydrogens is 415 g/mol. The van der Waals surface area contributed by atoms with Gasteiger partial charge in [0.1, 0.15) is 12.4 Å². The van der Waals surface area contributed by atoms with Crippen molar-refractivity contribution in [3.63, 3.8) is 0 Å². The minimum atomic E-state index is -0.615. The molecule has 3 N–H and O–H groups in total. The van der Waals surface area contributed by atoms with Crippen LogP contribution in [-0.4, -0.2) is 48.7 Å². The fourth-order valence-corrected chi connectivity index (χ4v) is 3.07. The van der Waals surface area contributed by atoms with E-state index < -0.39 is 23.8 Å². The zero-order chi connectivity index (χ0) is 23.9. The molecule has 0 aliphatic carbocycles. The van der Waals surface area contributed by atoms with E-state index >= 15 is 0 Å². The quantitative estimate of drug-likeness (QED) is 0.282. The zero-order valence-electron chi connectivity index (χ0n) is 18.5. The van der Waals surface area contributed by atoms with Gasteiger partial charge in [0.05, 0.1) is 24.5 Å². The van der Waals surface area contributed by atoms with Gasteiger partial charge in [0.25, 0.3) is 0 Å². The smallest absolute Gasteiger partial charge is 0.309 e. The number of carbonyl (C=O) groups is 3. The van der Waals surface area contributed by atoms with Crippen molar-refractivity contribution in [2.75, 3.05) is 19.8 Å². The number of allylic oxidation sites excluding steroid dienone is 2. The standard InChI is InChI=1S/C24H33FN2O5/c1-4-6-19(15-22(29)26-12-13-28)23(30)27-17(3)16-32-24(31)20(7-5-2)14-18-8-10-21(25)11-9-18/h4-5,8-11,17,19-20,28H,1-2,6-7,12-16H2,3H3,(H,26,29)(H,27,30)/t17-,19+,20+/m1/s1. The first-order chi connectivity index (χ1) is 15.3. The fraction of sp³-hybridized carbons (Fsp3) is 0.458. The lowest BCUT2D eigenvalue weighted by Gasteiger charge is -2.21. The highest BCUT2D eigenvalue weighted by Gasteiger charge is 2.24. The molecule has 0 aromatic heterocycles. The van der Waals surface area contributed by atoms with Gasteiger partial charge in [-0.15, -0.1) is 13.2 Å². The summed E-state index contributed by atoms with van der Waals surface area (Å²) in [5, 5.41) is 14.0. The van der Waals surface area contributed by atoms with Crippen LogP contribution in [0.3, 0.4) is 0 Å². The molecule has 1 aromatic carbocycles. The molecule has 0 spiro atoms. The predicted octanol–water partition coefficient (Wildman–Crippen LogP) is 2.30. The van der Waals surface area contributed by atoms with E-state index in [0.29, 0.717) is 19.3 Å². The lowest BCUT2D eigenvalue weighted by atomic mass is 9.96. The van der Waals surface area contributed by atoms with Crippen LogP contribution in [0.25, 0.3) is 0 Å². The molecule has 7 nitrogen and oxygen atoms in total. The SMILES string of the molecule is C=CC[C@@H](CC(=O)NCCO)C(=O)N[C@H](C)COC(=O)[C@@H](CC=C)Cc1ccc(F)cc1. The van der Waals surface area contributed by atoms with E-state index in [2.05, 4.69) is 23.8 Å². The Morgan fingerprint density at radius 2 is 1.75 bits per heavy atom.